The molecule has 1 heterocycles. The van der Waals surface area contributed by atoms with Crippen LogP contribution in [0.3, 0.4) is 0 Å². The molecular weight excluding hydrogens is 370 g/mol. The van der Waals surface area contributed by atoms with E-state index in [4.69, 9.17) is 0 Å². The number of hydrogen-bond donors (Lipinski definition) is 1. The van der Waals surface area contributed by atoms with E-state index in [2.05, 4.69) is 5.32 Å². The van der Waals surface area contributed by atoms with E-state index in [0.717, 1.165) is 29.5 Å². The first-order chi connectivity index (χ1) is 13.0. The van der Waals surface area contributed by atoms with E-state index in [0.29, 0.717) is 0 Å². The Morgan fingerprint density at radius 1 is 1.19 bits per heavy atom. The number of benzene rings is 2. The van der Waals surface area contributed by atoms with E-state index in [-0.39, 0.29) is 36.4 Å². The van der Waals surface area contributed by atoms with Gasteiger partial charge in [0.25, 0.3) is 0 Å². The first-order valence-corrected chi connectivity index (χ1v) is 9.69. The number of nitrogens with one attached hydrogen (secondary N) is 1. The third-order valence-corrected chi connectivity index (χ3v) is 6.01. The van der Waals surface area contributed by atoms with Crippen molar-refractivity contribution in [3.63, 3.8) is 0 Å². The second kappa shape index (κ2) is 7.31. The van der Waals surface area contributed by atoms with Crippen molar-refractivity contribution in [2.24, 2.45) is 0 Å². The summed E-state index contributed by atoms with van der Waals surface area (Å²) in [6.07, 6.45) is 1.77. The maximum atomic E-state index is 14.0. The van der Waals surface area contributed by atoms with Crippen LogP contribution in [0.5, 0.6) is 0 Å². The van der Waals surface area contributed by atoms with Crippen LogP contribution in [-0.2, 0) is 16.1 Å². The summed E-state index contributed by atoms with van der Waals surface area (Å²) in [7, 11) is 0. The molecule has 0 saturated heterocycles. The predicted octanol–water partition coefficient (Wildman–Crippen LogP) is 3.96. The molecule has 0 spiro atoms. The molecular formula is C20H18F2N2O2S. The molecule has 2 amide bonds. The Labute approximate surface area is 159 Å². The number of halogens is 2. The minimum Gasteiger partial charge on any atom is -0.335 e. The van der Waals surface area contributed by atoms with E-state index in [1.807, 2.05) is 24.3 Å². The molecule has 4 nitrogen and oxygen atoms in total. The Balaban J connectivity index is 1.48. The summed E-state index contributed by atoms with van der Waals surface area (Å²) in [6, 6.07) is 10.9. The van der Waals surface area contributed by atoms with E-state index in [1.54, 1.807) is 4.90 Å². The largest absolute Gasteiger partial charge is 0.335 e. The summed E-state index contributed by atoms with van der Waals surface area (Å²) in [4.78, 5) is 27.8. The molecule has 140 valence electrons. The summed E-state index contributed by atoms with van der Waals surface area (Å²) in [5, 5.41) is 2.31. The molecule has 0 radical (unpaired) electrons. The summed E-state index contributed by atoms with van der Waals surface area (Å²) >= 11 is 1.37. The van der Waals surface area contributed by atoms with Gasteiger partial charge in [0, 0.05) is 35.5 Å². The molecule has 1 unspecified atom stereocenters. The summed E-state index contributed by atoms with van der Waals surface area (Å²) in [5.74, 6) is -1.69. The number of rotatable bonds is 5. The van der Waals surface area contributed by atoms with Gasteiger partial charge in [0.2, 0.25) is 11.8 Å². The van der Waals surface area contributed by atoms with Gasteiger partial charge < -0.3 is 10.2 Å². The van der Waals surface area contributed by atoms with Gasteiger partial charge in [0.1, 0.15) is 11.6 Å². The number of amides is 2. The summed E-state index contributed by atoms with van der Waals surface area (Å²) in [6.45, 7) is 0.0885. The zero-order valence-electron chi connectivity index (χ0n) is 14.5. The molecule has 1 aliphatic carbocycles. The molecule has 27 heavy (non-hydrogen) atoms. The highest BCUT2D eigenvalue weighted by molar-refractivity contribution is 8.01. The molecule has 2 aromatic carbocycles. The molecule has 0 aromatic heterocycles. The monoisotopic (exact) mass is 388 g/mol. The van der Waals surface area contributed by atoms with Gasteiger partial charge in [-0.15, -0.1) is 11.8 Å². The van der Waals surface area contributed by atoms with Crippen molar-refractivity contribution >= 4 is 29.3 Å². The Bertz CT molecular complexity index is 901. The minimum absolute atomic E-state index is 0.0458. The van der Waals surface area contributed by atoms with Crippen molar-refractivity contribution < 1.29 is 18.4 Å². The number of para-hydroxylation sites is 1. The Hall–Kier alpha value is -2.41. The van der Waals surface area contributed by atoms with E-state index >= 15 is 0 Å². The third kappa shape index (κ3) is 3.98. The highest BCUT2D eigenvalue weighted by atomic mass is 32.2. The van der Waals surface area contributed by atoms with Crippen LogP contribution >= 0.6 is 11.8 Å². The topological polar surface area (TPSA) is 49.4 Å². The van der Waals surface area contributed by atoms with Crippen LogP contribution in [0.2, 0.25) is 0 Å². The van der Waals surface area contributed by atoms with Gasteiger partial charge in [-0.3, -0.25) is 9.59 Å². The van der Waals surface area contributed by atoms with Crippen LogP contribution < -0.4 is 5.32 Å². The highest BCUT2D eigenvalue weighted by Gasteiger charge is 2.36. The van der Waals surface area contributed by atoms with Gasteiger partial charge in [-0.25, -0.2) is 8.78 Å². The van der Waals surface area contributed by atoms with Gasteiger partial charge >= 0.3 is 0 Å². The van der Waals surface area contributed by atoms with Crippen LogP contribution in [0.15, 0.2) is 47.4 Å². The predicted molar refractivity (Wildman–Crippen MR) is 99.3 cm³/mol. The van der Waals surface area contributed by atoms with E-state index in [9.17, 15) is 18.4 Å². The zero-order valence-corrected chi connectivity index (χ0v) is 15.3. The fourth-order valence-corrected chi connectivity index (χ4v) is 4.25. The number of hydrogen-bond acceptors (Lipinski definition) is 3. The van der Waals surface area contributed by atoms with Crippen molar-refractivity contribution in [1.82, 2.24) is 4.90 Å². The van der Waals surface area contributed by atoms with Crippen molar-refractivity contribution in [2.45, 2.75) is 42.0 Å². The molecule has 1 fully saturated rings. The van der Waals surface area contributed by atoms with Crippen LogP contribution in [0, 0.1) is 11.6 Å². The second-order valence-electron chi connectivity index (χ2n) is 6.78. The molecule has 1 atom stereocenters. The average Bonchev–Trinajstić information content (AvgIpc) is 3.46. The van der Waals surface area contributed by atoms with E-state index < -0.39 is 16.9 Å². The summed E-state index contributed by atoms with van der Waals surface area (Å²) in [5.41, 5.74) is 1.03. The van der Waals surface area contributed by atoms with Gasteiger partial charge in [0.15, 0.2) is 0 Å². The van der Waals surface area contributed by atoms with Gasteiger partial charge in [-0.2, -0.15) is 0 Å². The fraction of sp³-hybridized carbons (Fsp3) is 0.300. The number of nitrogens with zero attached hydrogens (tertiary/aromatic N) is 1. The van der Waals surface area contributed by atoms with Crippen LogP contribution in [-0.4, -0.2) is 28.0 Å². The maximum absolute atomic E-state index is 14.0. The minimum atomic E-state index is -0.660. The van der Waals surface area contributed by atoms with Crippen LogP contribution in [0.4, 0.5) is 14.5 Å². The Morgan fingerprint density at radius 3 is 2.70 bits per heavy atom. The molecule has 0 bridgehead atoms. The lowest BCUT2D eigenvalue weighted by atomic mass is 10.1. The first-order valence-electron chi connectivity index (χ1n) is 8.81. The SMILES string of the molecule is O=C1Nc2ccccc2SC1CC(=O)N(Cc1ccc(F)cc1F)C1CC1. The number of carbonyl (C=O) groups excluding carboxylic acids is 2. The Kier molecular flexibility index (Phi) is 4.86. The maximum Gasteiger partial charge on any atom is 0.238 e. The number of anilines is 1. The third-order valence-electron chi connectivity index (χ3n) is 4.73. The molecule has 7 heteroatoms. The Morgan fingerprint density at radius 2 is 1.96 bits per heavy atom. The molecule has 2 aromatic rings. The molecule has 4 rings (SSSR count). The first kappa shape index (κ1) is 18.0. The lowest BCUT2D eigenvalue weighted by Crippen LogP contribution is -2.38. The smallest absolute Gasteiger partial charge is 0.238 e. The lowest BCUT2D eigenvalue weighted by molar-refractivity contribution is -0.133. The average molecular weight is 388 g/mol. The van der Waals surface area contributed by atoms with Crippen LogP contribution in [0.25, 0.3) is 0 Å². The highest BCUT2D eigenvalue weighted by Crippen LogP contribution is 2.38. The molecule has 1 saturated carbocycles. The van der Waals surface area contributed by atoms with Gasteiger partial charge in [-0.1, -0.05) is 18.2 Å². The molecule has 2 aliphatic rings. The lowest BCUT2D eigenvalue weighted by Gasteiger charge is -2.27. The fourth-order valence-electron chi connectivity index (χ4n) is 3.14. The van der Waals surface area contributed by atoms with Crippen LogP contribution in [0.1, 0.15) is 24.8 Å². The zero-order chi connectivity index (χ0) is 19.0. The van der Waals surface area contributed by atoms with Crippen molar-refractivity contribution in [3.8, 4) is 0 Å². The molecule has 1 N–H and O–H groups in total. The van der Waals surface area contributed by atoms with E-state index in [1.165, 1.54) is 23.9 Å². The quantitative estimate of drug-likeness (QED) is 0.844. The number of fused-ring (bicyclic) bond motifs is 1. The summed E-state index contributed by atoms with van der Waals surface area (Å²) < 4.78 is 27.1. The standard InChI is InChI=1S/C20H18F2N2O2S/c21-13-6-5-12(15(22)9-13)11-24(14-7-8-14)19(25)10-18-20(26)23-16-3-1-2-4-17(16)27-18/h1-6,9,14,18H,7-8,10-11H2,(H,23,26). The normalized spacial score (nSPS) is 18.6. The van der Waals surface area contributed by atoms with Gasteiger partial charge in [0.05, 0.1) is 10.9 Å². The number of carbonyl (C=O) groups is 2. The second-order valence-corrected chi connectivity index (χ2v) is 8.03. The van der Waals surface area contributed by atoms with Crippen molar-refractivity contribution in [3.05, 3.63) is 59.7 Å². The van der Waals surface area contributed by atoms with Gasteiger partial charge in [-0.05, 0) is 31.0 Å². The molecule has 1 aliphatic heterocycles. The van der Waals surface area contributed by atoms with Crippen molar-refractivity contribution in [2.75, 3.05) is 5.32 Å². The van der Waals surface area contributed by atoms with Crippen molar-refractivity contribution in [1.29, 1.82) is 0 Å². The number of thioether (sulfide) groups is 1.